The van der Waals surface area contributed by atoms with Crippen molar-refractivity contribution in [3.8, 4) is 0 Å². The first-order valence-electron chi connectivity index (χ1n) is 14.5. The van der Waals surface area contributed by atoms with Crippen molar-refractivity contribution >= 4 is 40.6 Å². The van der Waals surface area contributed by atoms with Gasteiger partial charge >= 0.3 is 0 Å². The summed E-state index contributed by atoms with van der Waals surface area (Å²) in [6, 6.07) is 10.6. The number of likely N-dealkylation sites (N-methyl/N-ethyl adjacent to an activating group) is 1. The minimum atomic E-state index is -1.15. The largest absolute Gasteiger partial charge is 0.360 e. The highest BCUT2D eigenvalue weighted by Gasteiger charge is 2.38. The van der Waals surface area contributed by atoms with Crippen LogP contribution in [-0.2, 0) is 30.3 Å². The number of nitrogens with one attached hydrogen (secondary N) is 4. The van der Waals surface area contributed by atoms with Crippen molar-refractivity contribution in [3.05, 3.63) is 59.9 Å². The van der Waals surface area contributed by atoms with E-state index in [0.717, 1.165) is 10.9 Å². The Morgan fingerprint density at radius 1 is 1.02 bits per heavy atom. The zero-order chi connectivity index (χ0) is 31.4. The van der Waals surface area contributed by atoms with Crippen molar-refractivity contribution in [1.82, 2.24) is 40.9 Å². The number of benzene rings is 1. The number of ether oxygens (including phenoxy) is 1. The highest BCUT2D eigenvalue weighted by atomic mass is 16.5. The predicted octanol–water partition coefficient (Wildman–Crippen LogP) is -0.376. The fourth-order valence-electron chi connectivity index (χ4n) is 5.32. The third-order valence-corrected chi connectivity index (χ3v) is 7.69. The summed E-state index contributed by atoms with van der Waals surface area (Å²) in [7, 11) is 1.46. The van der Waals surface area contributed by atoms with E-state index in [2.05, 4.69) is 31.1 Å². The van der Waals surface area contributed by atoms with Crippen LogP contribution in [0.15, 0.2) is 48.7 Å². The summed E-state index contributed by atoms with van der Waals surface area (Å²) in [6.45, 7) is 3.22. The van der Waals surface area contributed by atoms with Gasteiger partial charge in [0.15, 0.2) is 11.8 Å². The number of carbonyl (C=O) groups excluding carboxylic acids is 5. The molecular weight excluding hydrogens is 568 g/mol. The maximum Gasteiger partial charge on any atom is 0.272 e. The molecule has 0 aliphatic carbocycles. The molecule has 0 unspecified atom stereocenters. The molecule has 2 aromatic heterocycles. The average Bonchev–Trinajstić information content (AvgIpc) is 3.49. The van der Waals surface area contributed by atoms with Gasteiger partial charge in [0, 0.05) is 31.9 Å². The fraction of sp³-hybridized carbons (Fsp3) is 0.433. The number of fused-ring (bicyclic) bond motifs is 3. The zero-order valence-electron chi connectivity index (χ0n) is 24.8. The van der Waals surface area contributed by atoms with Gasteiger partial charge in [0.1, 0.15) is 17.8 Å². The Bertz CT molecular complexity index is 1540. The number of amides is 5. The van der Waals surface area contributed by atoms with Crippen molar-refractivity contribution in [2.45, 2.75) is 44.6 Å². The van der Waals surface area contributed by atoms with Gasteiger partial charge in [-0.25, -0.2) is 4.98 Å². The Morgan fingerprint density at radius 3 is 2.55 bits per heavy atom. The molecule has 0 spiro atoms. The lowest BCUT2D eigenvalue weighted by Crippen LogP contribution is -2.59. The molecule has 5 rings (SSSR count). The quantitative estimate of drug-likeness (QED) is 0.311. The number of aromatic amines is 1. The number of H-pyrrole nitrogens is 1. The molecule has 4 atom stereocenters. The number of carbonyl (C=O) groups is 5. The Balaban J connectivity index is 1.45. The molecule has 2 bridgehead atoms. The van der Waals surface area contributed by atoms with Gasteiger partial charge in [-0.2, -0.15) is 5.10 Å². The highest BCUT2D eigenvalue weighted by Crippen LogP contribution is 2.18. The van der Waals surface area contributed by atoms with Crippen LogP contribution in [0, 0.1) is 5.92 Å². The average molecular weight is 605 g/mol. The van der Waals surface area contributed by atoms with Gasteiger partial charge in [0.2, 0.25) is 17.7 Å². The number of hydrogen-bond donors (Lipinski definition) is 4. The number of pyridine rings is 1. The Morgan fingerprint density at radius 2 is 1.80 bits per heavy atom. The van der Waals surface area contributed by atoms with Crippen LogP contribution in [-0.4, -0.2) is 112 Å². The molecule has 3 aromatic rings. The van der Waals surface area contributed by atoms with Gasteiger partial charge in [0.05, 0.1) is 25.4 Å². The molecule has 4 heterocycles. The fourth-order valence-corrected chi connectivity index (χ4v) is 5.32. The van der Waals surface area contributed by atoms with Crippen LogP contribution < -0.4 is 16.0 Å². The van der Waals surface area contributed by atoms with Gasteiger partial charge < -0.3 is 30.5 Å². The van der Waals surface area contributed by atoms with Gasteiger partial charge in [-0.3, -0.25) is 29.1 Å². The molecule has 4 N–H and O–H groups in total. The molecule has 232 valence electrons. The Hall–Kier alpha value is -4.85. The SMILES string of the molecule is CC(C)[C@@H]1NC(=O)CN(C)C(=O)[C@@H](Cc2ccccc2)NC(=O)[C@H]2CN(C(=O)c3ccc4cn[nH]c4n3)C[C@H](CNC1=O)O2. The van der Waals surface area contributed by atoms with E-state index in [1.807, 2.05) is 30.3 Å². The van der Waals surface area contributed by atoms with Crippen molar-refractivity contribution in [1.29, 1.82) is 0 Å². The first-order chi connectivity index (χ1) is 21.1. The van der Waals surface area contributed by atoms with Gasteiger partial charge in [0.25, 0.3) is 11.8 Å². The lowest BCUT2D eigenvalue weighted by atomic mass is 10.0. The summed E-state index contributed by atoms with van der Waals surface area (Å²) >= 11 is 0. The number of rotatable bonds is 4. The van der Waals surface area contributed by atoms with Crippen molar-refractivity contribution in [2.75, 3.05) is 33.2 Å². The van der Waals surface area contributed by atoms with Gasteiger partial charge in [-0.15, -0.1) is 0 Å². The maximum atomic E-state index is 13.7. The lowest BCUT2D eigenvalue weighted by molar-refractivity contribution is -0.148. The smallest absolute Gasteiger partial charge is 0.272 e. The zero-order valence-corrected chi connectivity index (χ0v) is 24.8. The molecule has 14 heteroatoms. The second kappa shape index (κ2) is 13.2. The molecule has 2 aliphatic rings. The van der Waals surface area contributed by atoms with Crippen LogP contribution >= 0.6 is 0 Å². The third-order valence-electron chi connectivity index (χ3n) is 7.69. The molecule has 0 saturated carbocycles. The Labute approximate surface area is 253 Å². The standard InChI is InChI=1S/C30H36N8O6/c1-17(2)25-28(41)31-13-20-14-38(30(43)21-10-9-19-12-32-36-26(19)33-21)15-23(44-20)27(40)34-22(11-18-7-5-4-6-8-18)29(42)37(3)16-24(39)35-25/h4-10,12,17,20,22-23,25H,11,13-16H2,1-3H3,(H,31,41)(H,34,40)(H,35,39)(H,32,33,36)/t20-,22+,23+,25-/m0/s1. The molecule has 14 nitrogen and oxygen atoms in total. The number of aromatic nitrogens is 3. The number of nitrogens with zero attached hydrogens (tertiary/aromatic N) is 4. The monoisotopic (exact) mass is 604 g/mol. The first kappa shape index (κ1) is 30.6. The van der Waals surface area contributed by atoms with Crippen LogP contribution in [0.25, 0.3) is 11.0 Å². The van der Waals surface area contributed by atoms with Gasteiger partial charge in [-0.1, -0.05) is 44.2 Å². The van der Waals surface area contributed by atoms with Gasteiger partial charge in [-0.05, 0) is 23.6 Å². The lowest BCUT2D eigenvalue weighted by Gasteiger charge is -2.38. The topological polar surface area (TPSA) is 179 Å². The van der Waals surface area contributed by atoms with E-state index >= 15 is 0 Å². The molecule has 2 aliphatic heterocycles. The van der Waals surface area contributed by atoms with Crippen LogP contribution in [0.4, 0.5) is 0 Å². The van der Waals surface area contributed by atoms with E-state index < -0.39 is 53.8 Å². The molecular formula is C30H36N8O6. The molecule has 2 fully saturated rings. The number of hydrogen-bond acceptors (Lipinski definition) is 8. The van der Waals surface area contributed by atoms with Crippen LogP contribution in [0.3, 0.4) is 0 Å². The van der Waals surface area contributed by atoms with E-state index in [4.69, 9.17) is 4.74 Å². The van der Waals surface area contributed by atoms with Crippen molar-refractivity contribution < 1.29 is 28.7 Å². The van der Waals surface area contributed by atoms with E-state index in [9.17, 15) is 24.0 Å². The third kappa shape index (κ3) is 7.02. The predicted molar refractivity (Wildman–Crippen MR) is 158 cm³/mol. The molecule has 1 aromatic carbocycles. The van der Waals surface area contributed by atoms with Crippen LogP contribution in [0.5, 0.6) is 0 Å². The van der Waals surface area contributed by atoms with E-state index in [1.54, 1.807) is 32.2 Å². The van der Waals surface area contributed by atoms with Crippen LogP contribution in [0.2, 0.25) is 0 Å². The highest BCUT2D eigenvalue weighted by molar-refractivity contribution is 5.96. The second-order valence-electron chi connectivity index (χ2n) is 11.4. The van der Waals surface area contributed by atoms with E-state index in [-0.39, 0.29) is 44.2 Å². The minimum absolute atomic E-state index is 0.0230. The van der Waals surface area contributed by atoms with E-state index in [1.165, 1.54) is 16.8 Å². The molecule has 0 radical (unpaired) electrons. The first-order valence-corrected chi connectivity index (χ1v) is 14.5. The summed E-state index contributed by atoms with van der Waals surface area (Å²) in [5.74, 6) is -2.73. The minimum Gasteiger partial charge on any atom is -0.360 e. The molecule has 5 amide bonds. The van der Waals surface area contributed by atoms with Crippen molar-refractivity contribution in [2.24, 2.45) is 5.92 Å². The summed E-state index contributed by atoms with van der Waals surface area (Å²) < 4.78 is 6.11. The number of morpholine rings is 1. The normalized spacial score (nSPS) is 23.9. The Kier molecular flexibility index (Phi) is 9.18. The summed E-state index contributed by atoms with van der Waals surface area (Å²) in [5.41, 5.74) is 1.40. The molecule has 44 heavy (non-hydrogen) atoms. The summed E-state index contributed by atoms with van der Waals surface area (Å²) in [4.78, 5) is 74.0. The van der Waals surface area contributed by atoms with Crippen LogP contribution in [0.1, 0.15) is 29.9 Å². The second-order valence-corrected chi connectivity index (χ2v) is 11.4. The summed E-state index contributed by atoms with van der Waals surface area (Å²) in [6.07, 6.45) is -0.145. The van der Waals surface area contributed by atoms with E-state index in [0.29, 0.717) is 5.65 Å². The molecule has 2 saturated heterocycles. The maximum absolute atomic E-state index is 13.7. The summed E-state index contributed by atoms with van der Waals surface area (Å²) in [5, 5.41) is 15.8. The van der Waals surface area contributed by atoms with Crippen molar-refractivity contribution in [3.63, 3.8) is 0 Å².